The Labute approximate surface area is 138 Å². The number of rotatable bonds is 3. The van der Waals surface area contributed by atoms with Gasteiger partial charge in [0.25, 0.3) is 0 Å². The Bertz CT molecular complexity index is 448. The van der Waals surface area contributed by atoms with E-state index in [2.05, 4.69) is 0 Å². The molecule has 0 spiro atoms. The van der Waals surface area contributed by atoms with Crippen LogP contribution in [0, 0.1) is 5.41 Å². The van der Waals surface area contributed by atoms with Gasteiger partial charge in [-0.05, 0) is 59.8 Å². The number of likely N-dealkylation sites (tertiary alicyclic amines) is 1. The van der Waals surface area contributed by atoms with Crippen LogP contribution in [0.25, 0.3) is 0 Å². The molecule has 2 heterocycles. The van der Waals surface area contributed by atoms with Crippen molar-refractivity contribution in [1.29, 1.82) is 0 Å². The van der Waals surface area contributed by atoms with E-state index in [1.165, 1.54) is 0 Å². The first-order chi connectivity index (χ1) is 10.6. The van der Waals surface area contributed by atoms with Gasteiger partial charge < -0.3 is 19.5 Å². The van der Waals surface area contributed by atoms with Crippen LogP contribution in [0.5, 0.6) is 0 Å². The number of carboxylic acids is 1. The summed E-state index contributed by atoms with van der Waals surface area (Å²) >= 11 is 0. The van der Waals surface area contributed by atoms with Crippen molar-refractivity contribution >= 4 is 12.1 Å². The summed E-state index contributed by atoms with van der Waals surface area (Å²) in [5, 5.41) is 9.74. The number of carboxylic acid groups (broad SMARTS) is 1. The summed E-state index contributed by atoms with van der Waals surface area (Å²) in [6.07, 6.45) is 3.24. The van der Waals surface area contributed by atoms with Crippen molar-refractivity contribution in [1.82, 2.24) is 4.90 Å². The Morgan fingerprint density at radius 3 is 2.30 bits per heavy atom. The molecular weight excluding hydrogens is 298 g/mol. The maximum Gasteiger partial charge on any atom is 0.410 e. The lowest BCUT2D eigenvalue weighted by molar-refractivity contribution is -0.155. The van der Waals surface area contributed by atoms with E-state index in [1.807, 2.05) is 27.7 Å². The molecular formula is C17H29NO5. The monoisotopic (exact) mass is 327 g/mol. The van der Waals surface area contributed by atoms with Crippen molar-refractivity contribution in [2.45, 2.75) is 77.6 Å². The predicted octanol–water partition coefficient (Wildman–Crippen LogP) is 3.05. The third-order valence-electron chi connectivity index (χ3n) is 4.76. The molecule has 6 heteroatoms. The van der Waals surface area contributed by atoms with Crippen molar-refractivity contribution in [2.24, 2.45) is 5.41 Å². The van der Waals surface area contributed by atoms with Gasteiger partial charge in [-0.2, -0.15) is 0 Å². The summed E-state index contributed by atoms with van der Waals surface area (Å²) in [5.74, 6) is -0.774. The normalized spacial score (nSPS) is 27.7. The van der Waals surface area contributed by atoms with Crippen LogP contribution in [-0.4, -0.2) is 53.0 Å². The number of hydrogen-bond donors (Lipinski definition) is 1. The minimum atomic E-state index is -0.784. The van der Waals surface area contributed by atoms with E-state index in [-0.39, 0.29) is 18.3 Å². The Hall–Kier alpha value is -1.30. The fourth-order valence-corrected chi connectivity index (χ4v) is 3.42. The summed E-state index contributed by atoms with van der Waals surface area (Å²) in [7, 11) is 0. The van der Waals surface area contributed by atoms with Crippen molar-refractivity contribution < 1.29 is 24.2 Å². The van der Waals surface area contributed by atoms with Crippen molar-refractivity contribution in [2.75, 3.05) is 13.1 Å². The molecule has 0 bridgehead atoms. The lowest BCUT2D eigenvalue weighted by Crippen LogP contribution is -2.49. The Balaban J connectivity index is 1.95. The number of aliphatic carboxylic acids is 1. The third kappa shape index (κ3) is 4.59. The highest BCUT2D eigenvalue weighted by Gasteiger charge is 2.45. The Kier molecular flexibility index (Phi) is 5.23. The van der Waals surface area contributed by atoms with Crippen LogP contribution in [0.4, 0.5) is 4.79 Å². The molecule has 132 valence electrons. The zero-order chi connectivity index (χ0) is 17.3. The van der Waals surface area contributed by atoms with Crippen LogP contribution in [0.2, 0.25) is 0 Å². The molecule has 2 aliphatic rings. The highest BCUT2D eigenvalue weighted by molar-refractivity contribution is 5.75. The SMILES string of the molecule is CC1CCC(CC2(C(=O)O)CCN(C(=O)OC(C)(C)C)CC2)O1. The molecule has 2 rings (SSSR count). The summed E-state index contributed by atoms with van der Waals surface area (Å²) in [4.78, 5) is 25.6. The molecule has 2 saturated heterocycles. The molecule has 2 fully saturated rings. The fraction of sp³-hybridized carbons (Fsp3) is 0.882. The summed E-state index contributed by atoms with van der Waals surface area (Å²) in [5.41, 5.74) is -1.32. The van der Waals surface area contributed by atoms with Gasteiger partial charge in [0.05, 0.1) is 17.6 Å². The molecule has 0 saturated carbocycles. The van der Waals surface area contributed by atoms with Gasteiger partial charge in [-0.1, -0.05) is 0 Å². The number of hydrogen-bond acceptors (Lipinski definition) is 4. The van der Waals surface area contributed by atoms with Gasteiger partial charge in [0.15, 0.2) is 0 Å². The standard InChI is InChI=1S/C17H29NO5/c1-12-5-6-13(22-12)11-17(14(19)20)7-9-18(10-8-17)15(21)23-16(2,3)4/h12-13H,5-11H2,1-4H3,(H,19,20). The smallest absolute Gasteiger partial charge is 0.410 e. The minimum Gasteiger partial charge on any atom is -0.481 e. The van der Waals surface area contributed by atoms with Gasteiger partial charge in [0.2, 0.25) is 0 Å². The van der Waals surface area contributed by atoms with Crippen LogP contribution < -0.4 is 0 Å². The van der Waals surface area contributed by atoms with Gasteiger partial charge in [-0.15, -0.1) is 0 Å². The van der Waals surface area contributed by atoms with E-state index >= 15 is 0 Å². The maximum absolute atomic E-state index is 12.1. The lowest BCUT2D eigenvalue weighted by Gasteiger charge is -2.40. The maximum atomic E-state index is 12.1. The molecule has 2 aliphatic heterocycles. The first-order valence-electron chi connectivity index (χ1n) is 8.48. The first-order valence-corrected chi connectivity index (χ1v) is 8.48. The van der Waals surface area contributed by atoms with Gasteiger partial charge in [0.1, 0.15) is 5.60 Å². The Morgan fingerprint density at radius 1 is 1.26 bits per heavy atom. The highest BCUT2D eigenvalue weighted by atomic mass is 16.6. The zero-order valence-electron chi connectivity index (χ0n) is 14.6. The molecule has 1 N–H and O–H groups in total. The number of carbonyl (C=O) groups is 2. The number of ether oxygens (including phenoxy) is 2. The van der Waals surface area contributed by atoms with Crippen molar-refractivity contribution in [3.8, 4) is 0 Å². The van der Waals surface area contributed by atoms with Crippen LogP contribution >= 0.6 is 0 Å². The molecule has 0 aromatic heterocycles. The van der Waals surface area contributed by atoms with Crippen molar-refractivity contribution in [3.05, 3.63) is 0 Å². The predicted molar refractivity (Wildman–Crippen MR) is 85.3 cm³/mol. The topological polar surface area (TPSA) is 76.1 Å². The van der Waals surface area contributed by atoms with E-state index in [0.29, 0.717) is 32.4 Å². The molecule has 2 atom stereocenters. The second-order valence-corrected chi connectivity index (χ2v) is 7.90. The summed E-state index contributed by atoms with van der Waals surface area (Å²) in [6, 6.07) is 0. The molecule has 23 heavy (non-hydrogen) atoms. The molecule has 0 radical (unpaired) electrons. The van der Waals surface area contributed by atoms with Crippen molar-refractivity contribution in [3.63, 3.8) is 0 Å². The van der Waals surface area contributed by atoms with Gasteiger partial charge in [-0.25, -0.2) is 4.79 Å². The van der Waals surface area contributed by atoms with Gasteiger partial charge in [-0.3, -0.25) is 4.79 Å². The van der Waals surface area contributed by atoms with Gasteiger partial charge in [0, 0.05) is 13.1 Å². The van der Waals surface area contributed by atoms with Crippen LogP contribution in [0.15, 0.2) is 0 Å². The number of carbonyl (C=O) groups excluding carboxylic acids is 1. The molecule has 0 aromatic carbocycles. The van der Waals surface area contributed by atoms with E-state index in [4.69, 9.17) is 9.47 Å². The highest BCUT2D eigenvalue weighted by Crippen LogP contribution is 2.40. The third-order valence-corrected chi connectivity index (χ3v) is 4.76. The van der Waals surface area contributed by atoms with E-state index < -0.39 is 17.0 Å². The molecule has 6 nitrogen and oxygen atoms in total. The fourth-order valence-electron chi connectivity index (χ4n) is 3.42. The molecule has 1 amide bonds. The molecule has 0 aromatic rings. The molecule has 0 aliphatic carbocycles. The number of nitrogens with zero attached hydrogens (tertiary/aromatic N) is 1. The van der Waals surface area contributed by atoms with E-state index in [0.717, 1.165) is 12.8 Å². The Morgan fingerprint density at radius 2 is 1.87 bits per heavy atom. The summed E-state index contributed by atoms with van der Waals surface area (Å²) < 4.78 is 11.2. The minimum absolute atomic E-state index is 0.0224. The van der Waals surface area contributed by atoms with E-state index in [1.54, 1.807) is 4.90 Å². The number of amides is 1. The number of piperidine rings is 1. The average Bonchev–Trinajstić information content (AvgIpc) is 2.82. The average molecular weight is 327 g/mol. The van der Waals surface area contributed by atoms with E-state index in [9.17, 15) is 14.7 Å². The second kappa shape index (κ2) is 6.67. The zero-order valence-corrected chi connectivity index (χ0v) is 14.6. The first kappa shape index (κ1) is 18.0. The van der Waals surface area contributed by atoms with Crippen LogP contribution in [0.3, 0.4) is 0 Å². The lowest BCUT2D eigenvalue weighted by atomic mass is 9.74. The quantitative estimate of drug-likeness (QED) is 0.862. The van der Waals surface area contributed by atoms with Gasteiger partial charge >= 0.3 is 12.1 Å². The van der Waals surface area contributed by atoms with Crippen LogP contribution in [0.1, 0.15) is 59.8 Å². The summed E-state index contributed by atoms with van der Waals surface area (Å²) in [6.45, 7) is 8.35. The second-order valence-electron chi connectivity index (χ2n) is 7.90. The van der Waals surface area contributed by atoms with Crippen LogP contribution in [-0.2, 0) is 14.3 Å². The largest absolute Gasteiger partial charge is 0.481 e. The molecule has 2 unspecified atom stereocenters.